The van der Waals surface area contributed by atoms with Crippen LogP contribution in [0.4, 0.5) is 0 Å². The van der Waals surface area contributed by atoms with E-state index in [0.717, 1.165) is 39.0 Å². The molecule has 4 nitrogen and oxygen atoms in total. The monoisotopic (exact) mass is 248 g/mol. The van der Waals surface area contributed by atoms with Gasteiger partial charge in [-0.15, -0.1) is 12.4 Å². The third kappa shape index (κ3) is 3.34. The molecule has 2 heterocycles. The summed E-state index contributed by atoms with van der Waals surface area (Å²) < 4.78 is 5.43. The van der Waals surface area contributed by atoms with Gasteiger partial charge < -0.3 is 15.4 Å². The quantitative estimate of drug-likeness (QED) is 0.757. The summed E-state index contributed by atoms with van der Waals surface area (Å²) in [6.45, 7) is 4.74. The highest BCUT2D eigenvalue weighted by Crippen LogP contribution is 2.16. The van der Waals surface area contributed by atoms with Crippen LogP contribution in [0.1, 0.15) is 26.2 Å². The molecule has 0 aromatic rings. The number of amides is 1. The van der Waals surface area contributed by atoms with Crippen molar-refractivity contribution in [2.75, 3.05) is 19.7 Å². The molecule has 2 N–H and O–H groups in total. The SMILES string of the molecule is CC1OCCC1NC(=O)C1CCNCC1.Cl. The third-order valence-electron chi connectivity index (χ3n) is 3.41. The van der Waals surface area contributed by atoms with Crippen LogP contribution in [0, 0.1) is 5.92 Å². The van der Waals surface area contributed by atoms with E-state index in [0.29, 0.717) is 0 Å². The zero-order chi connectivity index (χ0) is 10.7. The van der Waals surface area contributed by atoms with E-state index in [1.807, 2.05) is 6.92 Å². The molecule has 2 atom stereocenters. The van der Waals surface area contributed by atoms with Gasteiger partial charge in [-0.1, -0.05) is 0 Å². The lowest BCUT2D eigenvalue weighted by Crippen LogP contribution is -2.45. The Bertz CT molecular complexity index is 232. The van der Waals surface area contributed by atoms with Gasteiger partial charge in [-0.05, 0) is 39.3 Å². The van der Waals surface area contributed by atoms with Crippen LogP contribution in [-0.2, 0) is 9.53 Å². The average Bonchev–Trinajstić information content (AvgIpc) is 2.66. The van der Waals surface area contributed by atoms with E-state index >= 15 is 0 Å². The highest BCUT2D eigenvalue weighted by Gasteiger charge is 2.28. The maximum atomic E-state index is 11.9. The minimum absolute atomic E-state index is 0. The lowest BCUT2D eigenvalue weighted by Gasteiger charge is -2.24. The van der Waals surface area contributed by atoms with E-state index in [4.69, 9.17) is 4.74 Å². The normalized spacial score (nSPS) is 30.8. The average molecular weight is 249 g/mol. The van der Waals surface area contributed by atoms with Gasteiger partial charge in [0.05, 0.1) is 12.1 Å². The van der Waals surface area contributed by atoms with Crippen molar-refractivity contribution in [1.29, 1.82) is 0 Å². The second-order valence-electron chi connectivity index (χ2n) is 4.50. The van der Waals surface area contributed by atoms with Crippen molar-refractivity contribution in [3.63, 3.8) is 0 Å². The van der Waals surface area contributed by atoms with E-state index in [1.54, 1.807) is 0 Å². The maximum Gasteiger partial charge on any atom is 0.223 e. The lowest BCUT2D eigenvalue weighted by atomic mass is 9.96. The highest BCUT2D eigenvalue weighted by atomic mass is 35.5. The third-order valence-corrected chi connectivity index (χ3v) is 3.41. The Hall–Kier alpha value is -0.320. The van der Waals surface area contributed by atoms with Gasteiger partial charge in [-0.2, -0.15) is 0 Å². The Morgan fingerprint density at radius 2 is 2.00 bits per heavy atom. The van der Waals surface area contributed by atoms with E-state index < -0.39 is 0 Å². The first-order valence-corrected chi connectivity index (χ1v) is 5.90. The van der Waals surface area contributed by atoms with Crippen LogP contribution in [0.25, 0.3) is 0 Å². The van der Waals surface area contributed by atoms with Crippen LogP contribution in [0.5, 0.6) is 0 Å². The number of carbonyl (C=O) groups is 1. The molecule has 2 saturated heterocycles. The molecule has 94 valence electrons. The Balaban J connectivity index is 0.00000128. The molecular weight excluding hydrogens is 228 g/mol. The van der Waals surface area contributed by atoms with Crippen LogP contribution in [0.2, 0.25) is 0 Å². The molecule has 2 rings (SSSR count). The fraction of sp³-hybridized carbons (Fsp3) is 0.909. The molecule has 0 aromatic heterocycles. The van der Waals surface area contributed by atoms with Gasteiger partial charge in [0.25, 0.3) is 0 Å². The second kappa shape index (κ2) is 6.42. The number of rotatable bonds is 2. The molecule has 0 aromatic carbocycles. The number of piperidine rings is 1. The van der Waals surface area contributed by atoms with E-state index in [1.165, 1.54) is 0 Å². The van der Waals surface area contributed by atoms with Crippen LogP contribution in [0.3, 0.4) is 0 Å². The molecule has 0 saturated carbocycles. The van der Waals surface area contributed by atoms with E-state index in [9.17, 15) is 4.79 Å². The summed E-state index contributed by atoms with van der Waals surface area (Å²) in [5, 5.41) is 6.37. The number of hydrogen-bond donors (Lipinski definition) is 2. The van der Waals surface area contributed by atoms with Gasteiger partial charge >= 0.3 is 0 Å². The molecule has 2 aliphatic heterocycles. The predicted octanol–water partition coefficient (Wildman–Crippen LogP) is 0.701. The smallest absolute Gasteiger partial charge is 0.223 e. The van der Waals surface area contributed by atoms with Gasteiger partial charge in [0.15, 0.2) is 0 Å². The predicted molar refractivity (Wildman–Crippen MR) is 64.8 cm³/mol. The zero-order valence-corrected chi connectivity index (χ0v) is 10.5. The first-order chi connectivity index (χ1) is 7.27. The number of nitrogens with one attached hydrogen (secondary N) is 2. The minimum Gasteiger partial charge on any atom is -0.376 e. The molecule has 0 bridgehead atoms. The summed E-state index contributed by atoms with van der Waals surface area (Å²) in [6.07, 6.45) is 3.06. The Morgan fingerprint density at radius 1 is 1.31 bits per heavy atom. The van der Waals surface area contributed by atoms with Gasteiger partial charge in [-0.3, -0.25) is 4.79 Å². The Kier molecular flexibility index (Phi) is 5.52. The molecule has 16 heavy (non-hydrogen) atoms. The van der Waals surface area contributed by atoms with E-state index in [-0.39, 0.29) is 36.4 Å². The molecule has 0 radical (unpaired) electrons. The minimum atomic E-state index is 0. The number of halogens is 1. The van der Waals surface area contributed by atoms with Gasteiger partial charge in [-0.25, -0.2) is 0 Å². The molecule has 0 aliphatic carbocycles. The fourth-order valence-electron chi connectivity index (χ4n) is 2.31. The van der Waals surface area contributed by atoms with Crippen LogP contribution in [0.15, 0.2) is 0 Å². The zero-order valence-electron chi connectivity index (χ0n) is 9.70. The molecule has 2 unspecified atom stereocenters. The summed E-state index contributed by atoms with van der Waals surface area (Å²) in [5.41, 5.74) is 0. The molecule has 2 fully saturated rings. The maximum absolute atomic E-state index is 11.9. The topological polar surface area (TPSA) is 50.4 Å². The molecular formula is C11H21ClN2O2. The first-order valence-electron chi connectivity index (χ1n) is 5.90. The van der Waals surface area contributed by atoms with Crippen molar-refractivity contribution in [2.24, 2.45) is 5.92 Å². The van der Waals surface area contributed by atoms with Gasteiger partial charge in [0.2, 0.25) is 5.91 Å². The van der Waals surface area contributed by atoms with Crippen molar-refractivity contribution in [1.82, 2.24) is 10.6 Å². The summed E-state index contributed by atoms with van der Waals surface area (Å²) in [7, 11) is 0. The number of carbonyl (C=O) groups excluding carboxylic acids is 1. The Morgan fingerprint density at radius 3 is 2.56 bits per heavy atom. The summed E-state index contributed by atoms with van der Waals surface area (Å²) in [5.74, 6) is 0.429. The largest absolute Gasteiger partial charge is 0.376 e. The number of ether oxygens (including phenoxy) is 1. The van der Waals surface area contributed by atoms with Gasteiger partial charge in [0, 0.05) is 12.5 Å². The second-order valence-corrected chi connectivity index (χ2v) is 4.50. The fourth-order valence-corrected chi connectivity index (χ4v) is 2.31. The standard InChI is InChI=1S/C11H20N2O2.ClH/c1-8-10(4-7-15-8)13-11(14)9-2-5-12-6-3-9;/h8-10,12H,2-7H2,1H3,(H,13,14);1H. The van der Waals surface area contributed by atoms with Crippen LogP contribution in [-0.4, -0.2) is 37.7 Å². The first kappa shape index (κ1) is 13.7. The summed E-state index contributed by atoms with van der Waals surface area (Å²) >= 11 is 0. The summed E-state index contributed by atoms with van der Waals surface area (Å²) in [6, 6.07) is 0.229. The molecule has 2 aliphatic rings. The van der Waals surface area contributed by atoms with Crippen molar-refractivity contribution in [3.05, 3.63) is 0 Å². The van der Waals surface area contributed by atoms with Crippen molar-refractivity contribution in [3.8, 4) is 0 Å². The highest BCUT2D eigenvalue weighted by molar-refractivity contribution is 5.85. The molecule has 0 spiro atoms. The van der Waals surface area contributed by atoms with Crippen LogP contribution < -0.4 is 10.6 Å². The van der Waals surface area contributed by atoms with Crippen LogP contribution >= 0.6 is 12.4 Å². The van der Waals surface area contributed by atoms with Crippen molar-refractivity contribution in [2.45, 2.75) is 38.3 Å². The molecule has 1 amide bonds. The lowest BCUT2D eigenvalue weighted by molar-refractivity contribution is -0.126. The molecule has 5 heteroatoms. The van der Waals surface area contributed by atoms with Crippen molar-refractivity contribution >= 4 is 18.3 Å². The Labute approximate surface area is 103 Å². The van der Waals surface area contributed by atoms with Crippen molar-refractivity contribution < 1.29 is 9.53 Å². The summed E-state index contributed by atoms with van der Waals surface area (Å²) in [4.78, 5) is 11.9. The van der Waals surface area contributed by atoms with Gasteiger partial charge in [0.1, 0.15) is 0 Å². The van der Waals surface area contributed by atoms with E-state index in [2.05, 4.69) is 10.6 Å². The number of hydrogen-bond acceptors (Lipinski definition) is 3.